The zero-order chi connectivity index (χ0) is 22.0. The molecule has 0 spiro atoms. The molecule has 3 aromatic rings. The lowest BCUT2D eigenvalue weighted by atomic mass is 10.0. The van der Waals surface area contributed by atoms with Crippen LogP contribution in [0.2, 0.25) is 0 Å². The number of methoxy groups -OCH3 is 1. The van der Waals surface area contributed by atoms with E-state index in [-0.39, 0.29) is 16.4 Å². The van der Waals surface area contributed by atoms with E-state index in [2.05, 4.69) is 26.4 Å². The van der Waals surface area contributed by atoms with Crippen LogP contribution in [0.15, 0.2) is 40.9 Å². The Morgan fingerprint density at radius 2 is 2.00 bits per heavy atom. The Balaban J connectivity index is 1.57. The third kappa shape index (κ3) is 4.36. The summed E-state index contributed by atoms with van der Waals surface area (Å²) in [5.74, 6) is -0.473. The van der Waals surface area contributed by atoms with Crippen LogP contribution in [-0.4, -0.2) is 60.6 Å². The molecule has 1 aromatic carbocycles. The van der Waals surface area contributed by atoms with Gasteiger partial charge in [-0.25, -0.2) is 4.79 Å². The second kappa shape index (κ2) is 8.73. The number of nitrogens with zero attached hydrogens (tertiary/aromatic N) is 4. The van der Waals surface area contributed by atoms with Crippen molar-refractivity contribution < 1.29 is 18.9 Å². The summed E-state index contributed by atoms with van der Waals surface area (Å²) >= 11 is 0. The summed E-state index contributed by atoms with van der Waals surface area (Å²) in [6.07, 6.45) is 1.82. The van der Waals surface area contributed by atoms with Gasteiger partial charge in [0.15, 0.2) is 5.58 Å². The molecule has 1 saturated heterocycles. The predicted molar refractivity (Wildman–Crippen MR) is 116 cm³/mol. The summed E-state index contributed by atoms with van der Waals surface area (Å²) in [7, 11) is 1.28. The minimum absolute atomic E-state index is 0.0831. The van der Waals surface area contributed by atoms with Crippen molar-refractivity contribution in [2.24, 2.45) is 0 Å². The van der Waals surface area contributed by atoms with Crippen molar-refractivity contribution >= 4 is 28.3 Å². The molecular formula is C22H24N4O5. The number of nitro benzene ring substituents is 1. The number of furan rings is 1. The SMILES string of the molecule is CCN1CCN(c2ccc(Cc3cc4cc(C(=O)OC)oc4cn3)c([N+](=O)[O-])c2)CC1. The molecular weight excluding hydrogens is 400 g/mol. The van der Waals surface area contributed by atoms with Crippen molar-refractivity contribution in [2.45, 2.75) is 13.3 Å². The highest BCUT2D eigenvalue weighted by atomic mass is 16.6. The van der Waals surface area contributed by atoms with Crippen LogP contribution >= 0.6 is 0 Å². The average molecular weight is 424 g/mol. The number of esters is 1. The molecule has 0 saturated carbocycles. The van der Waals surface area contributed by atoms with Crippen LogP contribution in [0.1, 0.15) is 28.7 Å². The number of hydrogen-bond donors (Lipinski definition) is 0. The number of nitro groups is 1. The number of ether oxygens (including phenoxy) is 1. The van der Waals surface area contributed by atoms with Crippen molar-refractivity contribution in [3.05, 3.63) is 63.7 Å². The van der Waals surface area contributed by atoms with Crippen LogP contribution in [0.4, 0.5) is 11.4 Å². The van der Waals surface area contributed by atoms with Gasteiger partial charge < -0.3 is 19.0 Å². The van der Waals surface area contributed by atoms with E-state index >= 15 is 0 Å². The van der Waals surface area contributed by atoms with Gasteiger partial charge in [-0.15, -0.1) is 0 Å². The molecule has 31 heavy (non-hydrogen) atoms. The number of hydrogen-bond acceptors (Lipinski definition) is 8. The maximum absolute atomic E-state index is 11.8. The van der Waals surface area contributed by atoms with Gasteiger partial charge in [-0.05, 0) is 30.8 Å². The normalized spacial score (nSPS) is 14.7. The van der Waals surface area contributed by atoms with Gasteiger partial charge in [0.25, 0.3) is 5.69 Å². The molecule has 0 aliphatic carbocycles. The molecule has 0 N–H and O–H groups in total. The minimum Gasteiger partial charge on any atom is -0.463 e. The fourth-order valence-corrected chi connectivity index (χ4v) is 3.87. The lowest BCUT2D eigenvalue weighted by Gasteiger charge is -2.35. The Morgan fingerprint density at radius 1 is 1.23 bits per heavy atom. The number of pyridine rings is 1. The molecule has 9 heteroatoms. The Kier molecular flexibility index (Phi) is 5.85. The molecule has 1 aliphatic heterocycles. The van der Waals surface area contributed by atoms with Crippen LogP contribution in [0, 0.1) is 10.1 Å². The monoisotopic (exact) mass is 424 g/mol. The summed E-state index contributed by atoms with van der Waals surface area (Å²) in [6.45, 7) is 6.77. The third-order valence-corrected chi connectivity index (χ3v) is 5.67. The Bertz CT molecular complexity index is 1120. The first-order chi connectivity index (χ1) is 15.0. The highest BCUT2D eigenvalue weighted by molar-refractivity contribution is 5.92. The Morgan fingerprint density at radius 3 is 2.68 bits per heavy atom. The molecule has 0 radical (unpaired) electrons. The molecule has 0 bridgehead atoms. The number of likely N-dealkylation sites (N-methyl/N-ethyl adjacent to an activating group) is 1. The summed E-state index contributed by atoms with van der Waals surface area (Å²) in [5, 5.41) is 12.5. The molecule has 0 atom stereocenters. The first kappa shape index (κ1) is 20.8. The fraction of sp³-hybridized carbons (Fsp3) is 0.364. The number of rotatable bonds is 6. The second-order valence-corrected chi connectivity index (χ2v) is 7.48. The summed E-state index contributed by atoms with van der Waals surface area (Å²) in [4.78, 5) is 32.0. The molecule has 2 aromatic heterocycles. The second-order valence-electron chi connectivity index (χ2n) is 7.48. The summed E-state index contributed by atoms with van der Waals surface area (Å²) < 4.78 is 10.1. The number of fused-ring (bicyclic) bond motifs is 1. The van der Waals surface area contributed by atoms with Crippen LogP contribution in [0.3, 0.4) is 0 Å². The van der Waals surface area contributed by atoms with Crippen LogP contribution in [-0.2, 0) is 11.2 Å². The number of piperazine rings is 1. The zero-order valence-electron chi connectivity index (χ0n) is 17.5. The predicted octanol–water partition coefficient (Wildman–Crippen LogP) is 3.26. The lowest BCUT2D eigenvalue weighted by Crippen LogP contribution is -2.46. The summed E-state index contributed by atoms with van der Waals surface area (Å²) in [5.41, 5.74) is 2.65. The third-order valence-electron chi connectivity index (χ3n) is 5.67. The van der Waals surface area contributed by atoms with Gasteiger partial charge in [-0.1, -0.05) is 6.92 Å². The molecule has 1 aliphatic rings. The molecule has 4 rings (SSSR count). The maximum atomic E-state index is 11.8. The fourth-order valence-electron chi connectivity index (χ4n) is 3.87. The van der Waals surface area contributed by atoms with E-state index in [4.69, 9.17) is 4.42 Å². The van der Waals surface area contributed by atoms with Crippen molar-refractivity contribution in [3.8, 4) is 0 Å². The summed E-state index contributed by atoms with van der Waals surface area (Å²) in [6, 6.07) is 8.76. The van der Waals surface area contributed by atoms with Gasteiger partial charge in [-0.2, -0.15) is 0 Å². The van der Waals surface area contributed by atoms with E-state index in [1.165, 1.54) is 13.3 Å². The Hall–Kier alpha value is -3.46. The highest BCUT2D eigenvalue weighted by Crippen LogP contribution is 2.29. The van der Waals surface area contributed by atoms with E-state index in [1.54, 1.807) is 24.3 Å². The van der Waals surface area contributed by atoms with Crippen molar-refractivity contribution in [2.75, 3.05) is 44.7 Å². The van der Waals surface area contributed by atoms with Crippen LogP contribution in [0.5, 0.6) is 0 Å². The highest BCUT2D eigenvalue weighted by Gasteiger charge is 2.21. The van der Waals surface area contributed by atoms with Crippen LogP contribution < -0.4 is 4.90 Å². The van der Waals surface area contributed by atoms with Crippen molar-refractivity contribution in [1.82, 2.24) is 9.88 Å². The van der Waals surface area contributed by atoms with E-state index in [0.717, 1.165) is 38.4 Å². The topological polar surface area (TPSA) is 102 Å². The number of benzene rings is 1. The lowest BCUT2D eigenvalue weighted by molar-refractivity contribution is -0.385. The van der Waals surface area contributed by atoms with E-state index < -0.39 is 5.97 Å². The molecule has 162 valence electrons. The molecule has 3 heterocycles. The van der Waals surface area contributed by atoms with Crippen molar-refractivity contribution in [3.63, 3.8) is 0 Å². The van der Waals surface area contributed by atoms with Crippen LogP contribution in [0.25, 0.3) is 11.0 Å². The zero-order valence-corrected chi connectivity index (χ0v) is 17.5. The number of carbonyl (C=O) groups excluding carboxylic acids is 1. The van der Waals surface area contributed by atoms with E-state index in [1.807, 2.05) is 6.07 Å². The smallest absolute Gasteiger partial charge is 0.373 e. The first-order valence-electron chi connectivity index (χ1n) is 10.2. The Labute approximate surface area is 179 Å². The van der Waals surface area contributed by atoms with Gasteiger partial charge >= 0.3 is 5.97 Å². The molecule has 9 nitrogen and oxygen atoms in total. The molecule has 1 fully saturated rings. The van der Waals surface area contributed by atoms with Gasteiger partial charge in [0.2, 0.25) is 5.76 Å². The number of carbonyl (C=O) groups is 1. The van der Waals surface area contributed by atoms with Gasteiger partial charge in [0.1, 0.15) is 0 Å². The van der Waals surface area contributed by atoms with E-state index in [9.17, 15) is 14.9 Å². The van der Waals surface area contributed by atoms with E-state index in [0.29, 0.717) is 28.6 Å². The molecule has 0 amide bonds. The van der Waals surface area contributed by atoms with Gasteiger partial charge in [-0.3, -0.25) is 15.1 Å². The van der Waals surface area contributed by atoms with Crippen molar-refractivity contribution in [1.29, 1.82) is 0 Å². The maximum Gasteiger partial charge on any atom is 0.373 e. The molecule has 0 unspecified atom stereocenters. The number of anilines is 1. The average Bonchev–Trinajstić information content (AvgIpc) is 3.22. The quantitative estimate of drug-likeness (QED) is 0.338. The van der Waals surface area contributed by atoms with Gasteiger partial charge in [0, 0.05) is 61.0 Å². The number of aromatic nitrogens is 1. The van der Waals surface area contributed by atoms with Gasteiger partial charge in [0.05, 0.1) is 18.2 Å². The first-order valence-corrected chi connectivity index (χ1v) is 10.2. The minimum atomic E-state index is -0.566. The largest absolute Gasteiger partial charge is 0.463 e. The standard InChI is InChI=1S/C22H24N4O5/c1-3-24-6-8-25(9-7-24)18-5-4-15(19(13-18)26(28)29)10-17-11-16-12-20(22(27)30-2)31-21(16)14-23-17/h4-5,11-14H,3,6-10H2,1-2H3.